The predicted molar refractivity (Wildman–Crippen MR) is 101 cm³/mol. The molecule has 0 bridgehead atoms. The average molecular weight is 378 g/mol. The van der Waals surface area contributed by atoms with Crippen LogP contribution in [0.15, 0.2) is 0 Å². The van der Waals surface area contributed by atoms with Crippen LogP contribution in [0.2, 0.25) is 0 Å². The van der Waals surface area contributed by atoms with Gasteiger partial charge in [-0.1, -0.05) is 6.92 Å². The Labute approximate surface area is 160 Å². The minimum atomic E-state index is -0.641. The molecular formula is C20H30N2O5. The summed E-state index contributed by atoms with van der Waals surface area (Å²) in [5.41, 5.74) is 1.53. The molecule has 7 nitrogen and oxygen atoms in total. The molecule has 27 heavy (non-hydrogen) atoms. The second-order valence-corrected chi connectivity index (χ2v) is 7.30. The predicted octanol–water partition coefficient (Wildman–Crippen LogP) is 3.14. The number of carbonyl (C=O) groups excluding carboxylic acids is 3. The summed E-state index contributed by atoms with van der Waals surface area (Å²) in [5.74, 6) is -1.29. The van der Waals surface area contributed by atoms with Gasteiger partial charge in [0.2, 0.25) is 0 Å². The summed E-state index contributed by atoms with van der Waals surface area (Å²) in [6.07, 6.45) is 3.74. The number of aromatic nitrogens is 1. The van der Waals surface area contributed by atoms with Crippen LogP contribution in [0.3, 0.4) is 0 Å². The molecule has 1 aliphatic heterocycles. The van der Waals surface area contributed by atoms with Crippen LogP contribution < -0.4 is 0 Å². The lowest BCUT2D eigenvalue weighted by atomic mass is 10.00. The van der Waals surface area contributed by atoms with E-state index in [1.807, 2.05) is 4.90 Å². The van der Waals surface area contributed by atoms with Crippen molar-refractivity contribution in [2.24, 2.45) is 0 Å². The number of ether oxygens (including phenoxy) is 2. The third-order valence-corrected chi connectivity index (χ3v) is 4.93. The van der Waals surface area contributed by atoms with E-state index >= 15 is 0 Å². The van der Waals surface area contributed by atoms with Crippen LogP contribution in [-0.4, -0.2) is 53.0 Å². The van der Waals surface area contributed by atoms with Crippen LogP contribution >= 0.6 is 0 Å². The molecule has 1 aliphatic rings. The summed E-state index contributed by atoms with van der Waals surface area (Å²) < 4.78 is 10.5. The first-order valence-corrected chi connectivity index (χ1v) is 9.62. The maximum Gasteiger partial charge on any atom is 0.355 e. The molecule has 0 aliphatic carbocycles. The van der Waals surface area contributed by atoms with Gasteiger partial charge in [-0.05, 0) is 58.9 Å². The number of likely N-dealkylation sites (tertiary alicyclic amines) is 1. The first kappa shape index (κ1) is 21.0. The van der Waals surface area contributed by atoms with E-state index in [-0.39, 0.29) is 30.4 Å². The minimum Gasteiger partial charge on any atom is -0.459 e. The molecule has 0 spiro atoms. The zero-order valence-corrected chi connectivity index (χ0v) is 16.9. The standard InChI is InChI=1S/C20H30N2O5/c1-6-15-9-7-8-10-22(15)16(23)11-26-20(25)18-13(4)17(14(5)21-18)19(24)27-12(2)3/h12,15,21H,6-11H2,1-5H3. The van der Waals surface area contributed by atoms with Gasteiger partial charge in [0.15, 0.2) is 6.61 Å². The van der Waals surface area contributed by atoms with E-state index in [0.717, 1.165) is 25.7 Å². The Balaban J connectivity index is 2.04. The van der Waals surface area contributed by atoms with Gasteiger partial charge in [0.1, 0.15) is 5.69 Å². The van der Waals surface area contributed by atoms with Gasteiger partial charge in [0.05, 0.1) is 11.7 Å². The number of rotatable bonds is 6. The van der Waals surface area contributed by atoms with E-state index in [1.165, 1.54) is 0 Å². The molecule has 1 fully saturated rings. The SMILES string of the molecule is CCC1CCCCN1C(=O)COC(=O)c1[nH]c(C)c(C(=O)OC(C)C)c1C. The smallest absolute Gasteiger partial charge is 0.355 e. The van der Waals surface area contributed by atoms with Gasteiger partial charge in [0.25, 0.3) is 5.91 Å². The molecule has 150 valence electrons. The number of aryl methyl sites for hydroxylation is 1. The van der Waals surface area contributed by atoms with E-state index in [4.69, 9.17) is 9.47 Å². The van der Waals surface area contributed by atoms with Crippen molar-refractivity contribution in [1.29, 1.82) is 0 Å². The second kappa shape index (κ2) is 9.06. The summed E-state index contributed by atoms with van der Waals surface area (Å²) in [6, 6.07) is 0.219. The number of hydrogen-bond acceptors (Lipinski definition) is 5. The molecule has 1 aromatic heterocycles. The molecular weight excluding hydrogens is 348 g/mol. The molecule has 1 atom stereocenters. The molecule has 0 radical (unpaired) electrons. The number of aromatic amines is 1. The van der Waals surface area contributed by atoms with Gasteiger partial charge in [-0.3, -0.25) is 4.79 Å². The molecule has 0 saturated carbocycles. The zero-order chi connectivity index (χ0) is 20.1. The van der Waals surface area contributed by atoms with Crippen LogP contribution in [0, 0.1) is 13.8 Å². The molecule has 1 aromatic rings. The van der Waals surface area contributed by atoms with Crippen LogP contribution in [0.25, 0.3) is 0 Å². The number of amides is 1. The number of piperidine rings is 1. The lowest BCUT2D eigenvalue weighted by Gasteiger charge is -2.35. The largest absolute Gasteiger partial charge is 0.459 e. The lowest BCUT2D eigenvalue weighted by molar-refractivity contribution is -0.138. The molecule has 1 saturated heterocycles. The van der Waals surface area contributed by atoms with Crippen LogP contribution in [0.4, 0.5) is 0 Å². The first-order chi connectivity index (χ1) is 12.8. The van der Waals surface area contributed by atoms with Crippen LogP contribution in [-0.2, 0) is 14.3 Å². The molecule has 1 amide bonds. The number of H-pyrrole nitrogens is 1. The minimum absolute atomic E-state index is 0.171. The van der Waals surface area contributed by atoms with Gasteiger partial charge in [0, 0.05) is 18.3 Å². The third-order valence-electron chi connectivity index (χ3n) is 4.93. The van der Waals surface area contributed by atoms with E-state index in [2.05, 4.69) is 11.9 Å². The summed E-state index contributed by atoms with van der Waals surface area (Å²) in [4.78, 5) is 41.8. The van der Waals surface area contributed by atoms with Crippen LogP contribution in [0.5, 0.6) is 0 Å². The Kier molecular flexibility index (Phi) is 7.05. The molecule has 2 heterocycles. The Morgan fingerprint density at radius 1 is 1.19 bits per heavy atom. The highest BCUT2D eigenvalue weighted by molar-refractivity contribution is 5.99. The average Bonchev–Trinajstić information content (AvgIpc) is 2.93. The fourth-order valence-electron chi connectivity index (χ4n) is 3.57. The highest BCUT2D eigenvalue weighted by atomic mass is 16.5. The zero-order valence-electron chi connectivity index (χ0n) is 16.9. The number of nitrogens with one attached hydrogen (secondary N) is 1. The second-order valence-electron chi connectivity index (χ2n) is 7.30. The van der Waals surface area contributed by atoms with Gasteiger partial charge >= 0.3 is 11.9 Å². The number of nitrogens with zero attached hydrogens (tertiary/aromatic N) is 1. The maximum absolute atomic E-state index is 12.5. The van der Waals surface area contributed by atoms with Crippen molar-refractivity contribution in [3.63, 3.8) is 0 Å². The number of esters is 2. The Bertz CT molecular complexity index is 707. The van der Waals surface area contributed by atoms with Crippen molar-refractivity contribution >= 4 is 17.8 Å². The monoisotopic (exact) mass is 378 g/mol. The topological polar surface area (TPSA) is 88.7 Å². The van der Waals surface area contributed by atoms with Gasteiger partial charge in [-0.15, -0.1) is 0 Å². The number of carbonyl (C=O) groups is 3. The van der Waals surface area contributed by atoms with Crippen molar-refractivity contribution in [1.82, 2.24) is 9.88 Å². The maximum atomic E-state index is 12.5. The van der Waals surface area contributed by atoms with Gasteiger partial charge < -0.3 is 19.4 Å². The van der Waals surface area contributed by atoms with Crippen LogP contribution in [0.1, 0.15) is 78.6 Å². The highest BCUT2D eigenvalue weighted by Gasteiger charge is 2.28. The van der Waals surface area contributed by atoms with Crippen molar-refractivity contribution in [3.8, 4) is 0 Å². The Morgan fingerprint density at radius 2 is 1.89 bits per heavy atom. The van der Waals surface area contributed by atoms with Crippen molar-refractivity contribution in [3.05, 3.63) is 22.5 Å². The normalized spacial score (nSPS) is 17.1. The summed E-state index contributed by atoms with van der Waals surface area (Å²) >= 11 is 0. The van der Waals surface area contributed by atoms with E-state index in [1.54, 1.807) is 27.7 Å². The van der Waals surface area contributed by atoms with Gasteiger partial charge in [-0.25, -0.2) is 9.59 Å². The van der Waals surface area contributed by atoms with E-state index < -0.39 is 11.9 Å². The van der Waals surface area contributed by atoms with Crippen molar-refractivity contribution < 1.29 is 23.9 Å². The fourth-order valence-corrected chi connectivity index (χ4v) is 3.57. The Morgan fingerprint density at radius 3 is 2.52 bits per heavy atom. The quantitative estimate of drug-likeness (QED) is 0.768. The molecule has 7 heteroatoms. The van der Waals surface area contributed by atoms with Gasteiger partial charge in [-0.2, -0.15) is 0 Å². The third kappa shape index (κ3) is 4.90. The molecule has 1 N–H and O–H groups in total. The van der Waals surface area contributed by atoms with E-state index in [0.29, 0.717) is 23.4 Å². The highest BCUT2D eigenvalue weighted by Crippen LogP contribution is 2.22. The molecule has 2 rings (SSSR count). The molecule has 1 unspecified atom stereocenters. The van der Waals surface area contributed by atoms with E-state index in [9.17, 15) is 14.4 Å². The summed E-state index contributed by atoms with van der Waals surface area (Å²) in [7, 11) is 0. The first-order valence-electron chi connectivity index (χ1n) is 9.62. The fraction of sp³-hybridized carbons (Fsp3) is 0.650. The van der Waals surface area contributed by atoms with Crippen molar-refractivity contribution in [2.75, 3.05) is 13.2 Å². The summed E-state index contributed by atoms with van der Waals surface area (Å²) in [5, 5.41) is 0. The Hall–Kier alpha value is -2.31. The molecule has 0 aromatic carbocycles. The number of hydrogen-bond donors (Lipinski definition) is 1. The lowest BCUT2D eigenvalue weighted by Crippen LogP contribution is -2.45. The van der Waals surface area contributed by atoms with Crippen molar-refractivity contribution in [2.45, 2.75) is 72.4 Å². The summed E-state index contributed by atoms with van der Waals surface area (Å²) in [6.45, 7) is 9.37.